The van der Waals surface area contributed by atoms with Crippen molar-refractivity contribution in [2.75, 3.05) is 25.8 Å². The van der Waals surface area contributed by atoms with Crippen molar-refractivity contribution in [3.8, 4) is 11.5 Å². The van der Waals surface area contributed by atoms with Crippen molar-refractivity contribution < 1.29 is 23.8 Å². The molecule has 0 saturated heterocycles. The molecule has 0 radical (unpaired) electrons. The molecule has 0 bridgehead atoms. The standard InChI is InChI=1S/C17H18ClN3O5S/c1-9(26-16(23)14-13(18)8-19-17(21-14)27-4)15(22)20-10-5-11(24-2)7-12(6-10)25-3/h5-9H,1-4H3,(H,20,22). The van der Waals surface area contributed by atoms with Crippen LogP contribution in [0.15, 0.2) is 29.6 Å². The molecule has 0 saturated carbocycles. The minimum Gasteiger partial charge on any atom is -0.497 e. The van der Waals surface area contributed by atoms with Gasteiger partial charge in [0.05, 0.1) is 25.4 Å². The van der Waals surface area contributed by atoms with Gasteiger partial charge >= 0.3 is 5.97 Å². The molecular weight excluding hydrogens is 394 g/mol. The number of anilines is 1. The summed E-state index contributed by atoms with van der Waals surface area (Å²) >= 11 is 7.20. The van der Waals surface area contributed by atoms with Gasteiger partial charge in [-0.05, 0) is 13.2 Å². The summed E-state index contributed by atoms with van der Waals surface area (Å²) in [6, 6.07) is 4.89. The zero-order valence-corrected chi connectivity index (χ0v) is 16.7. The quantitative estimate of drug-likeness (QED) is 0.421. The Morgan fingerprint density at radius 3 is 2.37 bits per heavy atom. The molecule has 27 heavy (non-hydrogen) atoms. The largest absolute Gasteiger partial charge is 0.497 e. The summed E-state index contributed by atoms with van der Waals surface area (Å²) < 4.78 is 15.5. The number of aromatic nitrogens is 2. The van der Waals surface area contributed by atoms with E-state index in [0.29, 0.717) is 22.3 Å². The van der Waals surface area contributed by atoms with E-state index in [-0.39, 0.29) is 10.7 Å². The molecule has 1 amide bonds. The van der Waals surface area contributed by atoms with Crippen LogP contribution in [0.25, 0.3) is 0 Å². The van der Waals surface area contributed by atoms with E-state index >= 15 is 0 Å². The Labute approximate surface area is 165 Å². The topological polar surface area (TPSA) is 99.6 Å². The third kappa shape index (κ3) is 5.48. The van der Waals surface area contributed by atoms with E-state index in [2.05, 4.69) is 15.3 Å². The van der Waals surface area contributed by atoms with Crippen LogP contribution in [-0.2, 0) is 9.53 Å². The zero-order valence-electron chi connectivity index (χ0n) is 15.1. The van der Waals surface area contributed by atoms with Crippen LogP contribution in [0.1, 0.15) is 17.4 Å². The maximum Gasteiger partial charge on any atom is 0.359 e. The van der Waals surface area contributed by atoms with Gasteiger partial charge in [0.15, 0.2) is 17.0 Å². The molecule has 0 aliphatic heterocycles. The number of methoxy groups -OCH3 is 2. The number of ether oxygens (including phenoxy) is 3. The number of thioether (sulfide) groups is 1. The first-order valence-corrected chi connectivity index (χ1v) is 9.29. The van der Waals surface area contributed by atoms with Crippen LogP contribution in [0, 0.1) is 0 Å². The second-order valence-electron chi connectivity index (χ2n) is 5.19. The zero-order chi connectivity index (χ0) is 20.0. The van der Waals surface area contributed by atoms with Gasteiger partial charge in [-0.2, -0.15) is 0 Å². The van der Waals surface area contributed by atoms with Gasteiger partial charge in [-0.3, -0.25) is 4.79 Å². The summed E-state index contributed by atoms with van der Waals surface area (Å²) in [5, 5.41) is 3.05. The van der Waals surface area contributed by atoms with Crippen LogP contribution in [0.4, 0.5) is 5.69 Å². The van der Waals surface area contributed by atoms with Crippen molar-refractivity contribution in [1.29, 1.82) is 0 Å². The second-order valence-corrected chi connectivity index (χ2v) is 6.37. The molecule has 1 N–H and O–H groups in total. The molecule has 0 aliphatic rings. The number of nitrogens with one attached hydrogen (secondary N) is 1. The fraction of sp³-hybridized carbons (Fsp3) is 0.294. The highest BCUT2D eigenvalue weighted by molar-refractivity contribution is 7.98. The van der Waals surface area contributed by atoms with Gasteiger partial charge in [0, 0.05) is 23.9 Å². The lowest BCUT2D eigenvalue weighted by molar-refractivity contribution is -0.123. The molecule has 0 aliphatic carbocycles. The van der Waals surface area contributed by atoms with Crippen molar-refractivity contribution in [2.45, 2.75) is 18.2 Å². The van der Waals surface area contributed by atoms with E-state index in [1.807, 2.05) is 0 Å². The molecule has 1 atom stereocenters. The molecule has 2 aromatic rings. The van der Waals surface area contributed by atoms with Gasteiger partial charge in [0.2, 0.25) is 0 Å². The number of nitrogens with zero attached hydrogens (tertiary/aromatic N) is 2. The Hall–Kier alpha value is -2.52. The first-order chi connectivity index (χ1) is 12.9. The van der Waals surface area contributed by atoms with E-state index in [4.69, 9.17) is 25.8 Å². The minimum atomic E-state index is -1.08. The first kappa shape index (κ1) is 20.8. The first-order valence-electron chi connectivity index (χ1n) is 7.69. The minimum absolute atomic E-state index is 0.0444. The number of carbonyl (C=O) groups excluding carboxylic acids is 2. The predicted molar refractivity (Wildman–Crippen MR) is 102 cm³/mol. The normalized spacial score (nSPS) is 11.4. The Kier molecular flexibility index (Phi) is 7.26. The Morgan fingerprint density at radius 2 is 1.81 bits per heavy atom. The molecule has 1 aromatic carbocycles. The molecule has 1 heterocycles. The summed E-state index contributed by atoms with van der Waals surface area (Å²) in [6.45, 7) is 1.44. The Bertz CT molecular complexity index is 827. The predicted octanol–water partition coefficient (Wildman–Crippen LogP) is 3.05. The molecule has 0 fully saturated rings. The SMILES string of the molecule is COc1cc(NC(=O)C(C)OC(=O)c2nc(SC)ncc2Cl)cc(OC)c1. The van der Waals surface area contributed by atoms with Crippen LogP contribution < -0.4 is 14.8 Å². The molecule has 8 nitrogen and oxygen atoms in total. The van der Waals surface area contributed by atoms with E-state index in [0.717, 1.165) is 0 Å². The average molecular weight is 412 g/mol. The van der Waals surface area contributed by atoms with Crippen molar-refractivity contribution in [3.05, 3.63) is 35.1 Å². The number of benzene rings is 1. The van der Waals surface area contributed by atoms with Gasteiger partial charge in [0.1, 0.15) is 11.5 Å². The number of carbonyl (C=O) groups is 2. The summed E-state index contributed by atoms with van der Waals surface area (Å²) in [5.41, 5.74) is 0.336. The summed E-state index contributed by atoms with van der Waals surface area (Å²) in [4.78, 5) is 32.6. The van der Waals surface area contributed by atoms with E-state index < -0.39 is 18.0 Å². The van der Waals surface area contributed by atoms with Crippen LogP contribution in [0.3, 0.4) is 0 Å². The highest BCUT2D eigenvalue weighted by Crippen LogP contribution is 2.26. The van der Waals surface area contributed by atoms with Gasteiger partial charge < -0.3 is 19.5 Å². The highest BCUT2D eigenvalue weighted by atomic mass is 35.5. The van der Waals surface area contributed by atoms with Gasteiger partial charge in [-0.15, -0.1) is 0 Å². The van der Waals surface area contributed by atoms with Gasteiger partial charge in [-0.25, -0.2) is 14.8 Å². The summed E-state index contributed by atoms with van der Waals surface area (Å²) in [6.07, 6.45) is 1.99. The van der Waals surface area contributed by atoms with Crippen molar-refractivity contribution in [3.63, 3.8) is 0 Å². The van der Waals surface area contributed by atoms with Gasteiger partial charge in [-0.1, -0.05) is 23.4 Å². The Balaban J connectivity index is 2.08. The number of esters is 1. The third-order valence-corrected chi connectivity index (χ3v) is 4.21. The number of hydrogen-bond donors (Lipinski definition) is 1. The molecular formula is C17H18ClN3O5S. The van der Waals surface area contributed by atoms with E-state index in [1.165, 1.54) is 39.1 Å². The lowest BCUT2D eigenvalue weighted by Gasteiger charge is -2.15. The average Bonchev–Trinajstić information content (AvgIpc) is 2.67. The number of amides is 1. The van der Waals surface area contributed by atoms with Gasteiger partial charge in [0.25, 0.3) is 5.91 Å². The third-order valence-electron chi connectivity index (χ3n) is 3.37. The molecule has 144 valence electrons. The number of halogens is 1. The number of hydrogen-bond acceptors (Lipinski definition) is 8. The Morgan fingerprint density at radius 1 is 1.19 bits per heavy atom. The molecule has 2 rings (SSSR count). The molecule has 10 heteroatoms. The van der Waals surface area contributed by atoms with Crippen molar-refractivity contribution >= 4 is 40.9 Å². The number of rotatable bonds is 7. The fourth-order valence-corrected chi connectivity index (χ4v) is 2.49. The lowest BCUT2D eigenvalue weighted by atomic mass is 10.2. The van der Waals surface area contributed by atoms with Crippen molar-refractivity contribution in [2.24, 2.45) is 0 Å². The second kappa shape index (κ2) is 9.43. The van der Waals surface area contributed by atoms with Crippen LogP contribution in [0.5, 0.6) is 11.5 Å². The molecule has 1 unspecified atom stereocenters. The summed E-state index contributed by atoms with van der Waals surface area (Å²) in [7, 11) is 3.00. The smallest absolute Gasteiger partial charge is 0.359 e. The molecule has 0 spiro atoms. The van der Waals surface area contributed by atoms with Crippen molar-refractivity contribution in [1.82, 2.24) is 9.97 Å². The fourth-order valence-electron chi connectivity index (χ4n) is 1.99. The highest BCUT2D eigenvalue weighted by Gasteiger charge is 2.23. The van der Waals surface area contributed by atoms with Crippen LogP contribution >= 0.6 is 23.4 Å². The monoisotopic (exact) mass is 411 g/mol. The maximum absolute atomic E-state index is 12.3. The maximum atomic E-state index is 12.3. The van der Waals surface area contributed by atoms with E-state index in [9.17, 15) is 9.59 Å². The molecule has 1 aromatic heterocycles. The lowest BCUT2D eigenvalue weighted by Crippen LogP contribution is -2.30. The van der Waals surface area contributed by atoms with Crippen LogP contribution in [0.2, 0.25) is 5.02 Å². The van der Waals surface area contributed by atoms with E-state index in [1.54, 1.807) is 24.5 Å². The van der Waals surface area contributed by atoms with Crippen LogP contribution in [-0.4, -0.2) is 48.4 Å². The summed E-state index contributed by atoms with van der Waals surface area (Å²) in [5.74, 6) is -0.337.